The summed E-state index contributed by atoms with van der Waals surface area (Å²) in [6.45, 7) is 0. The summed E-state index contributed by atoms with van der Waals surface area (Å²) in [5, 5.41) is 9.50. The maximum atomic E-state index is 13.6. The zero-order chi connectivity index (χ0) is 22.5. The molecule has 2 aliphatic rings. The van der Waals surface area contributed by atoms with Crippen molar-refractivity contribution in [3.05, 3.63) is 69.7 Å². The van der Waals surface area contributed by atoms with Crippen LogP contribution in [0.5, 0.6) is 0 Å². The highest BCUT2D eigenvalue weighted by Gasteiger charge is 2.61. The molecule has 2 aliphatic carbocycles. The van der Waals surface area contributed by atoms with E-state index >= 15 is 0 Å². The van der Waals surface area contributed by atoms with Gasteiger partial charge >= 0.3 is 5.97 Å². The molecular formula is C23H17ClF2O5. The Hall–Kier alpha value is -2.93. The van der Waals surface area contributed by atoms with Crippen molar-refractivity contribution in [1.82, 2.24) is 0 Å². The van der Waals surface area contributed by atoms with E-state index in [1.54, 1.807) is 12.1 Å². The first-order valence-electron chi connectivity index (χ1n) is 9.69. The predicted octanol–water partition coefficient (Wildman–Crippen LogP) is 3.47. The number of carboxylic acid groups (broad SMARTS) is 1. The average Bonchev–Trinajstić information content (AvgIpc) is 2.91. The number of halogens is 3. The third kappa shape index (κ3) is 3.57. The zero-order valence-electron chi connectivity index (χ0n) is 16.2. The molecule has 3 unspecified atom stereocenters. The number of hydrogen-bond donors (Lipinski definition) is 1. The van der Waals surface area contributed by atoms with Gasteiger partial charge in [0.05, 0.1) is 12.3 Å². The molecule has 0 heterocycles. The second-order valence-corrected chi connectivity index (χ2v) is 8.55. The largest absolute Gasteiger partial charge is 0.481 e. The van der Waals surface area contributed by atoms with Gasteiger partial charge in [-0.1, -0.05) is 17.7 Å². The van der Waals surface area contributed by atoms with E-state index in [1.807, 2.05) is 0 Å². The quantitative estimate of drug-likeness (QED) is 0.726. The smallest absolute Gasteiger partial charge is 0.304 e. The number of carbonyl (C=O) groups excluding carboxylic acids is 3. The van der Waals surface area contributed by atoms with Gasteiger partial charge in [-0.3, -0.25) is 19.2 Å². The molecule has 1 fully saturated rings. The summed E-state index contributed by atoms with van der Waals surface area (Å²) < 4.78 is 27.2. The summed E-state index contributed by atoms with van der Waals surface area (Å²) in [6.07, 6.45) is -1.01. The molecule has 1 N–H and O–H groups in total. The highest BCUT2D eigenvalue weighted by atomic mass is 35.5. The molecule has 0 aromatic heterocycles. The first kappa shape index (κ1) is 21.3. The SMILES string of the molecule is O=C(O)CC1Cc2ccc(Cl)cc2C2(CC(=O)C(Cc3cc(F)cc(F)c3)C2=O)C1=O. The monoisotopic (exact) mass is 446 g/mol. The van der Waals surface area contributed by atoms with Gasteiger partial charge in [0.15, 0.2) is 11.6 Å². The highest BCUT2D eigenvalue weighted by Crippen LogP contribution is 2.48. The van der Waals surface area contributed by atoms with Crippen molar-refractivity contribution in [3.63, 3.8) is 0 Å². The Labute approximate surface area is 181 Å². The van der Waals surface area contributed by atoms with Gasteiger partial charge in [-0.25, -0.2) is 8.78 Å². The maximum Gasteiger partial charge on any atom is 0.304 e. The van der Waals surface area contributed by atoms with Crippen molar-refractivity contribution in [1.29, 1.82) is 0 Å². The zero-order valence-corrected chi connectivity index (χ0v) is 16.9. The molecule has 0 aliphatic heterocycles. The van der Waals surface area contributed by atoms with E-state index in [1.165, 1.54) is 6.07 Å². The van der Waals surface area contributed by atoms with Crippen molar-refractivity contribution >= 4 is 34.9 Å². The Balaban J connectivity index is 1.79. The first-order chi connectivity index (χ1) is 14.6. The summed E-state index contributed by atoms with van der Waals surface area (Å²) in [7, 11) is 0. The van der Waals surface area contributed by atoms with Crippen LogP contribution >= 0.6 is 11.6 Å². The maximum absolute atomic E-state index is 13.6. The average molecular weight is 447 g/mol. The summed E-state index contributed by atoms with van der Waals surface area (Å²) in [6, 6.07) is 7.44. The fourth-order valence-electron chi connectivity index (χ4n) is 4.86. The normalized spacial score (nSPS) is 25.2. The van der Waals surface area contributed by atoms with Crippen LogP contribution in [0.4, 0.5) is 8.78 Å². The van der Waals surface area contributed by atoms with Gasteiger partial charge in [0.2, 0.25) is 0 Å². The molecule has 0 saturated heterocycles. The molecule has 0 bridgehead atoms. The first-order valence-corrected chi connectivity index (χ1v) is 10.1. The lowest BCUT2D eigenvalue weighted by atomic mass is 9.62. The molecule has 2 aromatic carbocycles. The molecule has 1 spiro atoms. The van der Waals surface area contributed by atoms with Crippen molar-refractivity contribution in [3.8, 4) is 0 Å². The fourth-order valence-corrected chi connectivity index (χ4v) is 5.03. The van der Waals surface area contributed by atoms with Crippen LogP contribution in [0.2, 0.25) is 5.02 Å². The Morgan fingerprint density at radius 3 is 2.39 bits per heavy atom. The van der Waals surface area contributed by atoms with Gasteiger partial charge < -0.3 is 5.11 Å². The summed E-state index contributed by atoms with van der Waals surface area (Å²) in [5.74, 6) is -6.90. The number of ketones is 3. The number of fused-ring (bicyclic) bond motifs is 2. The second kappa shape index (κ2) is 7.64. The topological polar surface area (TPSA) is 88.5 Å². The van der Waals surface area contributed by atoms with Crippen LogP contribution in [0.3, 0.4) is 0 Å². The van der Waals surface area contributed by atoms with Crippen LogP contribution < -0.4 is 0 Å². The van der Waals surface area contributed by atoms with Crippen LogP contribution in [-0.4, -0.2) is 28.4 Å². The molecular weight excluding hydrogens is 430 g/mol. The van der Waals surface area contributed by atoms with Crippen molar-refractivity contribution in [2.45, 2.75) is 31.1 Å². The minimum absolute atomic E-state index is 0.123. The molecule has 4 rings (SSSR count). The van der Waals surface area contributed by atoms with Crippen LogP contribution in [-0.2, 0) is 37.4 Å². The molecule has 1 saturated carbocycles. The van der Waals surface area contributed by atoms with Gasteiger partial charge in [0.1, 0.15) is 22.8 Å². The van der Waals surface area contributed by atoms with E-state index in [0.717, 1.165) is 12.1 Å². The highest BCUT2D eigenvalue weighted by molar-refractivity contribution is 6.31. The lowest BCUT2D eigenvalue weighted by Gasteiger charge is -2.36. The van der Waals surface area contributed by atoms with Crippen molar-refractivity contribution < 1.29 is 33.1 Å². The van der Waals surface area contributed by atoms with Crippen LogP contribution in [0.1, 0.15) is 29.5 Å². The number of rotatable bonds is 4. The number of aliphatic carboxylic acids is 1. The van der Waals surface area contributed by atoms with Crippen molar-refractivity contribution in [2.75, 3.05) is 0 Å². The summed E-state index contributed by atoms with van der Waals surface area (Å²) in [5.41, 5.74) is -0.795. The number of benzene rings is 2. The third-order valence-corrected chi connectivity index (χ3v) is 6.37. The van der Waals surface area contributed by atoms with E-state index in [4.69, 9.17) is 11.6 Å². The van der Waals surface area contributed by atoms with E-state index < -0.39 is 65.0 Å². The Bertz CT molecular complexity index is 1120. The number of carbonyl (C=O) groups is 4. The summed E-state index contributed by atoms with van der Waals surface area (Å²) >= 11 is 6.11. The lowest BCUT2D eigenvalue weighted by Crippen LogP contribution is -2.49. The Morgan fingerprint density at radius 2 is 1.74 bits per heavy atom. The number of Topliss-reactive ketones (excluding diaryl/α,β-unsaturated/α-hetero) is 3. The van der Waals surface area contributed by atoms with Gasteiger partial charge in [0.25, 0.3) is 0 Å². The van der Waals surface area contributed by atoms with Crippen LogP contribution in [0, 0.1) is 23.5 Å². The summed E-state index contributed by atoms with van der Waals surface area (Å²) in [4.78, 5) is 51.2. The molecule has 5 nitrogen and oxygen atoms in total. The van der Waals surface area contributed by atoms with E-state index in [9.17, 15) is 33.1 Å². The second-order valence-electron chi connectivity index (χ2n) is 8.11. The third-order valence-electron chi connectivity index (χ3n) is 6.14. The van der Waals surface area contributed by atoms with Crippen LogP contribution in [0.25, 0.3) is 0 Å². The number of hydrogen-bond acceptors (Lipinski definition) is 4. The Kier molecular flexibility index (Phi) is 5.25. The fraction of sp³-hybridized carbons (Fsp3) is 0.304. The standard InChI is InChI=1S/C23H17ClF2O5/c24-14-2-1-12-6-13(7-20(28)29)21(30)23(18(12)8-14)10-19(27)17(22(23)31)5-11-3-15(25)9-16(26)4-11/h1-4,8-9,13,17H,5-7,10H2,(H,28,29). The van der Waals surface area contributed by atoms with E-state index in [-0.39, 0.29) is 23.4 Å². The predicted molar refractivity (Wildman–Crippen MR) is 106 cm³/mol. The van der Waals surface area contributed by atoms with Gasteiger partial charge in [-0.15, -0.1) is 0 Å². The van der Waals surface area contributed by atoms with E-state index in [2.05, 4.69) is 0 Å². The lowest BCUT2D eigenvalue weighted by molar-refractivity contribution is -0.144. The van der Waals surface area contributed by atoms with Gasteiger partial charge in [0, 0.05) is 23.4 Å². The van der Waals surface area contributed by atoms with Gasteiger partial charge in [-0.05, 0) is 53.8 Å². The van der Waals surface area contributed by atoms with Crippen molar-refractivity contribution in [2.24, 2.45) is 11.8 Å². The Morgan fingerprint density at radius 1 is 1.06 bits per heavy atom. The molecule has 8 heteroatoms. The van der Waals surface area contributed by atoms with E-state index in [0.29, 0.717) is 17.2 Å². The molecule has 160 valence electrons. The minimum atomic E-state index is -1.83. The molecule has 2 aromatic rings. The molecule has 0 radical (unpaired) electrons. The van der Waals surface area contributed by atoms with Gasteiger partial charge in [-0.2, -0.15) is 0 Å². The number of carboxylic acids is 1. The molecule has 31 heavy (non-hydrogen) atoms. The molecule has 3 atom stereocenters. The molecule has 0 amide bonds. The van der Waals surface area contributed by atoms with Crippen LogP contribution in [0.15, 0.2) is 36.4 Å². The minimum Gasteiger partial charge on any atom is -0.481 e.